The lowest BCUT2D eigenvalue weighted by atomic mass is 10.2. The molecule has 0 aliphatic carbocycles. The number of hydrogen-bond acceptors (Lipinski definition) is 3. The van der Waals surface area contributed by atoms with E-state index in [2.05, 4.69) is 19.2 Å². The summed E-state index contributed by atoms with van der Waals surface area (Å²) < 4.78 is 0. The number of carbonyl (C=O) groups excluding carboxylic acids is 1. The molecular formula is C11H24N2OS. The van der Waals surface area contributed by atoms with E-state index in [9.17, 15) is 4.79 Å². The highest BCUT2D eigenvalue weighted by Gasteiger charge is 2.03. The number of amides is 1. The van der Waals surface area contributed by atoms with Crippen molar-refractivity contribution in [3.05, 3.63) is 0 Å². The number of carbonyl (C=O) groups is 1. The Morgan fingerprint density at radius 2 is 2.07 bits per heavy atom. The molecule has 0 saturated heterocycles. The topological polar surface area (TPSA) is 55.1 Å². The van der Waals surface area contributed by atoms with E-state index in [0.29, 0.717) is 6.42 Å². The van der Waals surface area contributed by atoms with Crippen LogP contribution in [-0.4, -0.2) is 30.0 Å². The molecular weight excluding hydrogens is 208 g/mol. The van der Waals surface area contributed by atoms with Gasteiger partial charge in [-0.3, -0.25) is 4.79 Å². The molecule has 0 aromatic heterocycles. The van der Waals surface area contributed by atoms with Gasteiger partial charge in [-0.1, -0.05) is 13.8 Å². The highest BCUT2D eigenvalue weighted by atomic mass is 32.2. The number of nitrogens with one attached hydrogen (secondary N) is 1. The lowest BCUT2D eigenvalue weighted by molar-refractivity contribution is -0.118. The molecule has 0 bridgehead atoms. The Morgan fingerprint density at radius 1 is 1.40 bits per heavy atom. The average Bonchev–Trinajstić information content (AvgIpc) is 2.09. The molecule has 15 heavy (non-hydrogen) atoms. The third-order valence-corrected chi connectivity index (χ3v) is 3.40. The summed E-state index contributed by atoms with van der Waals surface area (Å²) >= 11 is 2.00. The van der Waals surface area contributed by atoms with Crippen LogP contribution in [0.3, 0.4) is 0 Å². The van der Waals surface area contributed by atoms with Gasteiger partial charge >= 0.3 is 0 Å². The van der Waals surface area contributed by atoms with Gasteiger partial charge in [-0.2, -0.15) is 11.8 Å². The zero-order valence-corrected chi connectivity index (χ0v) is 10.9. The summed E-state index contributed by atoms with van der Waals surface area (Å²) in [6.07, 6.45) is 1.58. The molecule has 3 N–H and O–H groups in total. The van der Waals surface area contributed by atoms with Gasteiger partial charge in [0.05, 0.1) is 0 Å². The lowest BCUT2D eigenvalue weighted by Gasteiger charge is -2.11. The second-order valence-electron chi connectivity index (χ2n) is 4.35. The third kappa shape index (κ3) is 11.7. The highest BCUT2D eigenvalue weighted by Crippen LogP contribution is 2.08. The molecule has 0 saturated carbocycles. The van der Waals surface area contributed by atoms with Gasteiger partial charge in [0.1, 0.15) is 0 Å². The number of primary amides is 1. The normalized spacial score (nSPS) is 13.1. The van der Waals surface area contributed by atoms with Crippen molar-refractivity contribution in [3.8, 4) is 0 Å². The molecule has 0 aliphatic heterocycles. The summed E-state index contributed by atoms with van der Waals surface area (Å²) in [5, 5.41) is 3.29. The summed E-state index contributed by atoms with van der Waals surface area (Å²) in [6.45, 7) is 7.44. The van der Waals surface area contributed by atoms with Gasteiger partial charge in [0.2, 0.25) is 5.91 Å². The SMILES string of the molecule is CC(C)CSCCCNC(C)CC(N)=O. The number of hydrogen-bond donors (Lipinski definition) is 2. The molecule has 0 fully saturated rings. The fraction of sp³-hybridized carbons (Fsp3) is 0.909. The predicted octanol–water partition coefficient (Wildman–Crippen LogP) is 1.62. The molecule has 3 nitrogen and oxygen atoms in total. The van der Waals surface area contributed by atoms with Crippen LogP contribution in [0.4, 0.5) is 0 Å². The monoisotopic (exact) mass is 232 g/mol. The van der Waals surface area contributed by atoms with Crippen LogP contribution in [0.5, 0.6) is 0 Å². The Bertz CT molecular complexity index is 174. The first-order valence-electron chi connectivity index (χ1n) is 5.61. The summed E-state index contributed by atoms with van der Waals surface area (Å²) in [5.74, 6) is 2.96. The molecule has 0 heterocycles. The summed E-state index contributed by atoms with van der Waals surface area (Å²) in [7, 11) is 0. The van der Waals surface area contributed by atoms with Crippen LogP contribution < -0.4 is 11.1 Å². The number of nitrogens with two attached hydrogens (primary N) is 1. The second-order valence-corrected chi connectivity index (χ2v) is 5.50. The Kier molecular flexibility index (Phi) is 8.91. The Hall–Kier alpha value is -0.220. The maximum absolute atomic E-state index is 10.6. The van der Waals surface area contributed by atoms with E-state index in [0.717, 1.165) is 18.9 Å². The van der Waals surface area contributed by atoms with Crippen LogP contribution in [0.2, 0.25) is 0 Å². The van der Waals surface area contributed by atoms with Crippen molar-refractivity contribution in [1.29, 1.82) is 0 Å². The van der Waals surface area contributed by atoms with Crippen molar-refractivity contribution in [3.63, 3.8) is 0 Å². The smallest absolute Gasteiger partial charge is 0.218 e. The van der Waals surface area contributed by atoms with E-state index in [-0.39, 0.29) is 11.9 Å². The zero-order chi connectivity index (χ0) is 11.7. The van der Waals surface area contributed by atoms with Gasteiger partial charge in [-0.25, -0.2) is 0 Å². The van der Waals surface area contributed by atoms with Crippen LogP contribution >= 0.6 is 11.8 Å². The Morgan fingerprint density at radius 3 is 2.60 bits per heavy atom. The molecule has 1 amide bonds. The van der Waals surface area contributed by atoms with Gasteiger partial charge in [-0.05, 0) is 37.3 Å². The maximum Gasteiger partial charge on any atom is 0.218 e. The van der Waals surface area contributed by atoms with E-state index in [1.54, 1.807) is 0 Å². The Labute approximate surface area is 97.6 Å². The van der Waals surface area contributed by atoms with Crippen LogP contribution in [0, 0.1) is 5.92 Å². The molecule has 1 atom stereocenters. The van der Waals surface area contributed by atoms with Gasteiger partial charge in [0, 0.05) is 12.5 Å². The Balaban J connectivity index is 3.20. The third-order valence-electron chi connectivity index (χ3n) is 1.92. The average molecular weight is 232 g/mol. The molecule has 0 aliphatic rings. The van der Waals surface area contributed by atoms with Crippen LogP contribution in [0.15, 0.2) is 0 Å². The zero-order valence-electron chi connectivity index (χ0n) is 10.1. The van der Waals surface area contributed by atoms with E-state index < -0.39 is 0 Å². The predicted molar refractivity (Wildman–Crippen MR) is 68.1 cm³/mol. The van der Waals surface area contributed by atoms with Gasteiger partial charge in [-0.15, -0.1) is 0 Å². The molecule has 0 spiro atoms. The molecule has 0 aromatic carbocycles. The fourth-order valence-electron chi connectivity index (χ4n) is 1.22. The van der Waals surface area contributed by atoms with Crippen LogP contribution in [-0.2, 0) is 4.79 Å². The van der Waals surface area contributed by atoms with E-state index in [1.807, 2.05) is 18.7 Å². The largest absolute Gasteiger partial charge is 0.370 e. The van der Waals surface area contributed by atoms with Gasteiger partial charge < -0.3 is 11.1 Å². The van der Waals surface area contributed by atoms with E-state index >= 15 is 0 Å². The van der Waals surface area contributed by atoms with Crippen LogP contribution in [0.1, 0.15) is 33.6 Å². The van der Waals surface area contributed by atoms with Crippen molar-refractivity contribution >= 4 is 17.7 Å². The summed E-state index contributed by atoms with van der Waals surface area (Å²) in [6, 6.07) is 0.206. The fourth-order valence-corrected chi connectivity index (χ4v) is 2.20. The van der Waals surface area contributed by atoms with Gasteiger partial charge in [0.25, 0.3) is 0 Å². The molecule has 4 heteroatoms. The first-order valence-corrected chi connectivity index (χ1v) is 6.77. The first kappa shape index (κ1) is 14.8. The summed E-state index contributed by atoms with van der Waals surface area (Å²) in [4.78, 5) is 10.6. The quantitative estimate of drug-likeness (QED) is 0.594. The van der Waals surface area contributed by atoms with E-state index in [1.165, 1.54) is 11.5 Å². The molecule has 0 rings (SSSR count). The highest BCUT2D eigenvalue weighted by molar-refractivity contribution is 7.99. The minimum absolute atomic E-state index is 0.206. The van der Waals surface area contributed by atoms with Crippen molar-refractivity contribution < 1.29 is 4.79 Å². The molecule has 0 aromatic rings. The lowest BCUT2D eigenvalue weighted by Crippen LogP contribution is -2.31. The van der Waals surface area contributed by atoms with Crippen molar-refractivity contribution in [2.45, 2.75) is 39.7 Å². The minimum atomic E-state index is -0.232. The standard InChI is InChI=1S/C11H24N2OS/c1-9(2)8-15-6-4-5-13-10(3)7-11(12)14/h9-10,13H,4-8H2,1-3H3,(H2,12,14). The van der Waals surface area contributed by atoms with Crippen molar-refractivity contribution in [1.82, 2.24) is 5.32 Å². The number of thioether (sulfide) groups is 1. The molecule has 90 valence electrons. The number of rotatable bonds is 9. The minimum Gasteiger partial charge on any atom is -0.370 e. The van der Waals surface area contributed by atoms with Crippen molar-refractivity contribution in [2.75, 3.05) is 18.1 Å². The maximum atomic E-state index is 10.6. The van der Waals surface area contributed by atoms with E-state index in [4.69, 9.17) is 5.73 Å². The molecule has 1 unspecified atom stereocenters. The van der Waals surface area contributed by atoms with Crippen molar-refractivity contribution in [2.24, 2.45) is 11.7 Å². The second kappa shape index (κ2) is 9.04. The first-order chi connectivity index (χ1) is 7.02. The van der Waals surface area contributed by atoms with Gasteiger partial charge in [0.15, 0.2) is 0 Å². The molecule has 0 radical (unpaired) electrons. The van der Waals surface area contributed by atoms with Crippen LogP contribution in [0.25, 0.3) is 0 Å². The summed E-state index contributed by atoms with van der Waals surface area (Å²) in [5.41, 5.74) is 5.10.